The van der Waals surface area contributed by atoms with Gasteiger partial charge in [-0.2, -0.15) is 0 Å². The standard InChI is InChI=1S/C18H21NO6/c1-13(18(20)24-9-3-4-10-25-19(21)22)14-5-6-16-12-17(23-2)8-7-15(16)11-14/h5-8,11-13H,3-4,9-10H2,1-2H3/t13-/m0/s1/i13D. The maximum atomic E-state index is 12.3. The highest BCUT2D eigenvalue weighted by molar-refractivity contribution is 5.86. The van der Waals surface area contributed by atoms with E-state index < -0.39 is 16.9 Å². The Hall–Kier alpha value is -2.83. The number of fused-ring (bicyclic) bond motifs is 1. The lowest BCUT2D eigenvalue weighted by Crippen LogP contribution is -2.14. The highest BCUT2D eigenvalue weighted by Crippen LogP contribution is 2.25. The zero-order valence-corrected chi connectivity index (χ0v) is 14.2. The molecule has 134 valence electrons. The van der Waals surface area contributed by atoms with Crippen LogP contribution in [-0.2, 0) is 14.4 Å². The van der Waals surface area contributed by atoms with Crippen molar-refractivity contribution < 1.29 is 25.6 Å². The Morgan fingerprint density at radius 3 is 2.60 bits per heavy atom. The molecule has 2 rings (SSSR count). The summed E-state index contributed by atoms with van der Waals surface area (Å²) in [5.41, 5.74) is 0.525. The van der Waals surface area contributed by atoms with E-state index in [2.05, 4.69) is 4.84 Å². The smallest absolute Gasteiger partial charge is 0.313 e. The van der Waals surface area contributed by atoms with Crippen LogP contribution in [0.3, 0.4) is 0 Å². The molecule has 0 spiro atoms. The van der Waals surface area contributed by atoms with E-state index >= 15 is 0 Å². The maximum Gasteiger partial charge on any atom is 0.313 e. The second-order valence-corrected chi connectivity index (χ2v) is 5.45. The molecule has 0 aromatic heterocycles. The molecule has 0 unspecified atom stereocenters. The van der Waals surface area contributed by atoms with Crippen molar-refractivity contribution >= 4 is 16.7 Å². The van der Waals surface area contributed by atoms with E-state index in [4.69, 9.17) is 10.8 Å². The summed E-state index contributed by atoms with van der Waals surface area (Å²) in [5, 5.41) is 11.0. The Balaban J connectivity index is 1.98. The number of nitrogens with zero attached hydrogens (tertiary/aromatic N) is 1. The zero-order chi connectivity index (χ0) is 19.2. The van der Waals surface area contributed by atoms with Crippen molar-refractivity contribution in [2.45, 2.75) is 25.7 Å². The first-order chi connectivity index (χ1) is 12.3. The number of rotatable bonds is 9. The summed E-state index contributed by atoms with van der Waals surface area (Å²) in [7, 11) is 1.59. The third kappa shape index (κ3) is 5.34. The molecule has 0 N–H and O–H groups in total. The quantitative estimate of drug-likeness (QED) is 0.298. The Morgan fingerprint density at radius 2 is 1.88 bits per heavy atom. The second-order valence-electron chi connectivity index (χ2n) is 5.45. The minimum absolute atomic E-state index is 0.0448. The van der Waals surface area contributed by atoms with Crippen LogP contribution in [-0.4, -0.2) is 31.4 Å². The molecule has 0 saturated heterocycles. The molecular weight excluding hydrogens is 326 g/mol. The van der Waals surface area contributed by atoms with E-state index in [0.29, 0.717) is 18.4 Å². The lowest BCUT2D eigenvalue weighted by atomic mass is 9.98. The van der Waals surface area contributed by atoms with E-state index in [1.54, 1.807) is 19.2 Å². The van der Waals surface area contributed by atoms with Gasteiger partial charge in [0.2, 0.25) is 0 Å². The van der Waals surface area contributed by atoms with E-state index in [0.717, 1.165) is 16.5 Å². The van der Waals surface area contributed by atoms with Crippen LogP contribution in [0, 0.1) is 10.1 Å². The summed E-state index contributed by atoms with van der Waals surface area (Å²) in [6, 6.07) is 10.9. The van der Waals surface area contributed by atoms with Crippen molar-refractivity contribution in [3.63, 3.8) is 0 Å². The number of carbonyl (C=O) groups excluding carboxylic acids is 1. The predicted octanol–water partition coefficient (Wildman–Crippen LogP) is 3.48. The molecule has 2 aromatic carbocycles. The fraction of sp³-hybridized carbons (Fsp3) is 0.389. The third-order valence-electron chi connectivity index (χ3n) is 3.76. The van der Waals surface area contributed by atoms with Gasteiger partial charge in [0, 0.05) is 1.37 Å². The number of unbranched alkanes of at least 4 members (excludes halogenated alkanes) is 1. The first-order valence-corrected chi connectivity index (χ1v) is 7.87. The monoisotopic (exact) mass is 348 g/mol. The lowest BCUT2D eigenvalue weighted by Gasteiger charge is -2.13. The second kappa shape index (κ2) is 8.86. The molecule has 25 heavy (non-hydrogen) atoms. The summed E-state index contributed by atoms with van der Waals surface area (Å²) >= 11 is 0. The summed E-state index contributed by atoms with van der Waals surface area (Å²) < 4.78 is 18.7. The van der Waals surface area contributed by atoms with Crippen molar-refractivity contribution in [1.29, 1.82) is 0 Å². The molecule has 0 saturated carbocycles. The molecule has 0 heterocycles. The van der Waals surface area contributed by atoms with Crippen molar-refractivity contribution in [1.82, 2.24) is 0 Å². The lowest BCUT2D eigenvalue weighted by molar-refractivity contribution is -0.757. The van der Waals surface area contributed by atoms with Crippen LogP contribution in [0.2, 0.25) is 0 Å². The number of methoxy groups -OCH3 is 1. The largest absolute Gasteiger partial charge is 0.497 e. The van der Waals surface area contributed by atoms with Gasteiger partial charge in [-0.3, -0.25) is 4.79 Å². The van der Waals surface area contributed by atoms with E-state index in [1.165, 1.54) is 6.92 Å². The van der Waals surface area contributed by atoms with Crippen LogP contribution in [0.5, 0.6) is 5.75 Å². The third-order valence-corrected chi connectivity index (χ3v) is 3.76. The molecule has 0 bridgehead atoms. The van der Waals surface area contributed by atoms with Crippen LogP contribution < -0.4 is 4.74 Å². The molecule has 7 heteroatoms. The maximum absolute atomic E-state index is 12.3. The van der Waals surface area contributed by atoms with Gasteiger partial charge in [-0.05, 0) is 48.2 Å². The zero-order valence-electron chi connectivity index (χ0n) is 15.2. The van der Waals surface area contributed by atoms with Gasteiger partial charge in [0.05, 0.1) is 26.2 Å². The molecule has 0 fully saturated rings. The number of esters is 1. The molecular formula is C18H21NO6. The normalized spacial score (nSPS) is 13.6. The number of benzene rings is 2. The van der Waals surface area contributed by atoms with Gasteiger partial charge in [0.1, 0.15) is 5.75 Å². The van der Waals surface area contributed by atoms with Crippen molar-refractivity contribution in [2.24, 2.45) is 0 Å². The summed E-state index contributed by atoms with van der Waals surface area (Å²) in [6.07, 6.45) is 0.813. The molecule has 2 aromatic rings. The number of ether oxygens (including phenoxy) is 2. The minimum Gasteiger partial charge on any atom is -0.497 e. The van der Waals surface area contributed by atoms with Gasteiger partial charge >= 0.3 is 5.97 Å². The van der Waals surface area contributed by atoms with Gasteiger partial charge in [0.25, 0.3) is 5.09 Å². The molecule has 0 amide bonds. The van der Waals surface area contributed by atoms with Gasteiger partial charge in [-0.15, -0.1) is 10.1 Å². The highest BCUT2D eigenvalue weighted by Gasteiger charge is 2.17. The first-order valence-electron chi connectivity index (χ1n) is 8.37. The Labute approximate surface area is 147 Å². The summed E-state index contributed by atoms with van der Waals surface area (Å²) in [5.74, 6) is -1.48. The topological polar surface area (TPSA) is 87.9 Å². The fourth-order valence-electron chi connectivity index (χ4n) is 2.32. The Kier molecular flexibility index (Phi) is 6.03. The summed E-state index contributed by atoms with van der Waals surface area (Å²) in [4.78, 5) is 26.5. The minimum atomic E-state index is -1.55. The van der Waals surface area contributed by atoms with Crippen molar-refractivity contribution in [2.75, 3.05) is 20.3 Å². The molecule has 0 aliphatic carbocycles. The molecule has 0 aliphatic rings. The average molecular weight is 348 g/mol. The Morgan fingerprint density at radius 1 is 1.20 bits per heavy atom. The molecule has 0 radical (unpaired) electrons. The van der Waals surface area contributed by atoms with Gasteiger partial charge in [0.15, 0.2) is 0 Å². The van der Waals surface area contributed by atoms with Crippen LogP contribution in [0.15, 0.2) is 36.4 Å². The number of carbonyl (C=O) groups is 1. The van der Waals surface area contributed by atoms with Crippen LogP contribution >= 0.6 is 0 Å². The van der Waals surface area contributed by atoms with Crippen LogP contribution in [0.4, 0.5) is 0 Å². The van der Waals surface area contributed by atoms with E-state index in [-0.39, 0.29) is 13.2 Å². The SMILES string of the molecule is [2H][C@@](C)(C(=O)OCCCCO[N+](=O)[O-])c1ccc2cc(OC)ccc2c1. The van der Waals surface area contributed by atoms with E-state index in [1.807, 2.05) is 24.3 Å². The fourth-order valence-corrected chi connectivity index (χ4v) is 2.32. The van der Waals surface area contributed by atoms with Crippen LogP contribution in [0.25, 0.3) is 10.8 Å². The number of hydrogen-bond donors (Lipinski definition) is 0. The van der Waals surface area contributed by atoms with Gasteiger partial charge in [-0.25, -0.2) is 0 Å². The highest BCUT2D eigenvalue weighted by atomic mass is 16.9. The van der Waals surface area contributed by atoms with Crippen LogP contribution in [0.1, 0.15) is 32.6 Å². The van der Waals surface area contributed by atoms with Crippen molar-refractivity contribution in [3.8, 4) is 5.75 Å². The van der Waals surface area contributed by atoms with Gasteiger partial charge < -0.3 is 14.3 Å². The van der Waals surface area contributed by atoms with Gasteiger partial charge in [-0.1, -0.05) is 24.3 Å². The predicted molar refractivity (Wildman–Crippen MR) is 92.1 cm³/mol. The summed E-state index contributed by atoms with van der Waals surface area (Å²) in [6.45, 7) is 1.52. The van der Waals surface area contributed by atoms with Crippen molar-refractivity contribution in [3.05, 3.63) is 52.1 Å². The number of hydrogen-bond acceptors (Lipinski definition) is 6. The molecule has 0 aliphatic heterocycles. The molecule has 1 atom stereocenters. The Bertz CT molecular complexity index is 792. The molecule has 7 nitrogen and oxygen atoms in total. The first kappa shape index (κ1) is 17.0. The average Bonchev–Trinajstić information content (AvgIpc) is 2.63. The van der Waals surface area contributed by atoms with E-state index in [9.17, 15) is 14.9 Å².